The van der Waals surface area contributed by atoms with Gasteiger partial charge in [-0.1, -0.05) is 30.3 Å². The van der Waals surface area contributed by atoms with Gasteiger partial charge in [-0.3, -0.25) is 13.9 Å². The first-order chi connectivity index (χ1) is 19.7. The fraction of sp³-hybridized carbons (Fsp3) is 0.167. The molecule has 2 amide bonds. The van der Waals surface area contributed by atoms with Crippen molar-refractivity contribution in [2.24, 2.45) is 5.10 Å². The van der Waals surface area contributed by atoms with Gasteiger partial charge in [0.2, 0.25) is 0 Å². The molecular formula is C30H30N4O6S. The Hall–Kier alpha value is -4.90. The Kier molecular flexibility index (Phi) is 9.54. The molecule has 2 N–H and O–H groups in total. The van der Waals surface area contributed by atoms with E-state index in [4.69, 9.17) is 9.15 Å². The van der Waals surface area contributed by atoms with Crippen LogP contribution < -0.4 is 19.8 Å². The highest BCUT2D eigenvalue weighted by Gasteiger charge is 2.28. The summed E-state index contributed by atoms with van der Waals surface area (Å²) in [4.78, 5) is 24.9. The van der Waals surface area contributed by atoms with Crippen molar-refractivity contribution in [3.63, 3.8) is 0 Å². The lowest BCUT2D eigenvalue weighted by molar-refractivity contribution is -0.123. The van der Waals surface area contributed by atoms with Crippen molar-refractivity contribution in [2.45, 2.75) is 25.3 Å². The highest BCUT2D eigenvalue weighted by Crippen LogP contribution is 2.28. The lowest BCUT2D eigenvalue weighted by atomic mass is 10.1. The van der Waals surface area contributed by atoms with E-state index < -0.39 is 22.5 Å². The summed E-state index contributed by atoms with van der Waals surface area (Å²) in [5.74, 6) is 0.223. The largest absolute Gasteiger partial charge is 0.484 e. The minimum atomic E-state index is -4.02. The Balaban J connectivity index is 1.35. The maximum absolute atomic E-state index is 13.5. The van der Waals surface area contributed by atoms with Gasteiger partial charge < -0.3 is 14.5 Å². The molecule has 0 aliphatic carbocycles. The van der Waals surface area contributed by atoms with Crippen LogP contribution in [0, 0.1) is 13.8 Å². The lowest BCUT2D eigenvalue weighted by Gasteiger charge is -2.26. The number of furan rings is 1. The van der Waals surface area contributed by atoms with Crippen LogP contribution in [-0.4, -0.2) is 39.6 Å². The van der Waals surface area contributed by atoms with Crippen LogP contribution >= 0.6 is 0 Å². The second-order valence-corrected chi connectivity index (χ2v) is 10.9. The van der Waals surface area contributed by atoms with E-state index in [0.29, 0.717) is 22.8 Å². The van der Waals surface area contributed by atoms with Gasteiger partial charge in [-0.05, 0) is 85.1 Å². The summed E-state index contributed by atoms with van der Waals surface area (Å²) in [6, 6.07) is 23.5. The van der Waals surface area contributed by atoms with Crippen LogP contribution in [0.2, 0.25) is 0 Å². The molecule has 11 heteroatoms. The van der Waals surface area contributed by atoms with Crippen molar-refractivity contribution in [3.8, 4) is 5.75 Å². The molecular weight excluding hydrogens is 544 g/mol. The average molecular weight is 575 g/mol. The van der Waals surface area contributed by atoms with Gasteiger partial charge in [0.15, 0.2) is 6.61 Å². The van der Waals surface area contributed by atoms with Crippen molar-refractivity contribution < 1.29 is 27.2 Å². The SMILES string of the molecule is Cc1cccc(N(CC(=O)N/N=C\c2ccc(OCC(=O)NCc3ccco3)cc2)S(=O)(=O)c2ccccc2)c1C. The molecule has 0 fully saturated rings. The molecule has 0 bridgehead atoms. The van der Waals surface area contributed by atoms with Crippen LogP contribution in [0.3, 0.4) is 0 Å². The Morgan fingerprint density at radius 1 is 0.927 bits per heavy atom. The lowest BCUT2D eigenvalue weighted by Crippen LogP contribution is -2.40. The summed E-state index contributed by atoms with van der Waals surface area (Å²) in [7, 11) is -4.02. The number of hydrazone groups is 1. The molecule has 212 valence electrons. The van der Waals surface area contributed by atoms with Crippen LogP contribution in [0.4, 0.5) is 5.69 Å². The van der Waals surface area contributed by atoms with Gasteiger partial charge in [0.25, 0.3) is 21.8 Å². The number of anilines is 1. The molecule has 0 saturated carbocycles. The minimum Gasteiger partial charge on any atom is -0.484 e. The second-order valence-electron chi connectivity index (χ2n) is 9.05. The number of carbonyl (C=O) groups is 2. The maximum atomic E-state index is 13.5. The van der Waals surface area contributed by atoms with Gasteiger partial charge in [-0.2, -0.15) is 5.10 Å². The predicted molar refractivity (Wildman–Crippen MR) is 155 cm³/mol. The second kappa shape index (κ2) is 13.4. The Morgan fingerprint density at radius 2 is 1.68 bits per heavy atom. The van der Waals surface area contributed by atoms with Gasteiger partial charge in [0.05, 0.1) is 29.6 Å². The number of hydrogen-bond acceptors (Lipinski definition) is 7. The summed E-state index contributed by atoms with van der Waals surface area (Å²) < 4.78 is 38.8. The zero-order valence-electron chi connectivity index (χ0n) is 22.6. The fourth-order valence-electron chi connectivity index (χ4n) is 3.82. The molecule has 3 aromatic carbocycles. The van der Waals surface area contributed by atoms with Crippen LogP contribution in [0.1, 0.15) is 22.5 Å². The first kappa shape index (κ1) is 29.1. The molecule has 0 saturated heterocycles. The number of amides is 2. The number of nitrogens with zero attached hydrogens (tertiary/aromatic N) is 2. The third-order valence-corrected chi connectivity index (χ3v) is 7.93. The van der Waals surface area contributed by atoms with Gasteiger partial charge in [-0.15, -0.1) is 0 Å². The number of sulfonamides is 1. The smallest absolute Gasteiger partial charge is 0.264 e. The van der Waals surface area contributed by atoms with Crippen molar-refractivity contribution in [1.82, 2.24) is 10.7 Å². The normalized spacial score (nSPS) is 11.3. The first-order valence-corrected chi connectivity index (χ1v) is 14.2. The summed E-state index contributed by atoms with van der Waals surface area (Å²) in [6.45, 7) is 3.34. The monoisotopic (exact) mass is 574 g/mol. The van der Waals surface area contributed by atoms with Crippen molar-refractivity contribution >= 4 is 33.7 Å². The van der Waals surface area contributed by atoms with E-state index in [1.54, 1.807) is 66.7 Å². The number of rotatable bonds is 12. The van der Waals surface area contributed by atoms with Crippen molar-refractivity contribution in [2.75, 3.05) is 17.5 Å². The number of ether oxygens (including phenoxy) is 1. The van der Waals surface area contributed by atoms with E-state index in [1.807, 2.05) is 19.9 Å². The molecule has 1 heterocycles. The van der Waals surface area contributed by atoms with Gasteiger partial charge in [0.1, 0.15) is 18.1 Å². The molecule has 1 aromatic heterocycles. The number of hydrogen-bond donors (Lipinski definition) is 2. The third kappa shape index (κ3) is 7.83. The average Bonchev–Trinajstić information content (AvgIpc) is 3.50. The zero-order chi connectivity index (χ0) is 29.2. The van der Waals surface area contributed by atoms with Crippen LogP contribution in [-0.2, 0) is 26.2 Å². The highest BCUT2D eigenvalue weighted by atomic mass is 32.2. The van der Waals surface area contributed by atoms with Gasteiger partial charge in [0, 0.05) is 0 Å². The predicted octanol–water partition coefficient (Wildman–Crippen LogP) is 3.94. The van der Waals surface area contributed by atoms with Crippen molar-refractivity contribution in [3.05, 3.63) is 114 Å². The van der Waals surface area contributed by atoms with E-state index in [-0.39, 0.29) is 24.0 Å². The molecule has 0 aliphatic heterocycles. The molecule has 10 nitrogen and oxygen atoms in total. The Labute approximate surface area is 238 Å². The fourth-order valence-corrected chi connectivity index (χ4v) is 5.32. The van der Waals surface area contributed by atoms with E-state index in [0.717, 1.165) is 15.4 Å². The molecule has 0 spiro atoms. The van der Waals surface area contributed by atoms with Crippen LogP contribution in [0.25, 0.3) is 0 Å². The summed E-state index contributed by atoms with van der Waals surface area (Å²) in [5.41, 5.74) is 5.12. The molecule has 0 unspecified atom stereocenters. The van der Waals surface area contributed by atoms with Crippen LogP contribution in [0.15, 0.2) is 106 Å². The van der Waals surface area contributed by atoms with Crippen LogP contribution in [0.5, 0.6) is 5.75 Å². The van der Waals surface area contributed by atoms with Gasteiger partial charge >= 0.3 is 0 Å². The number of nitrogens with one attached hydrogen (secondary N) is 2. The molecule has 0 atom stereocenters. The Morgan fingerprint density at radius 3 is 2.39 bits per heavy atom. The van der Waals surface area contributed by atoms with E-state index in [9.17, 15) is 18.0 Å². The zero-order valence-corrected chi connectivity index (χ0v) is 23.4. The number of carbonyl (C=O) groups excluding carboxylic acids is 2. The Bertz CT molecular complexity index is 1600. The van der Waals surface area contributed by atoms with E-state index >= 15 is 0 Å². The van der Waals surface area contributed by atoms with E-state index in [1.165, 1.54) is 24.6 Å². The molecule has 4 aromatic rings. The molecule has 0 aliphatic rings. The number of aryl methyl sites for hydroxylation is 1. The van der Waals surface area contributed by atoms with Gasteiger partial charge in [-0.25, -0.2) is 13.8 Å². The highest BCUT2D eigenvalue weighted by molar-refractivity contribution is 7.92. The standard InChI is InChI=1S/C30H30N4O6S/c1-22-8-6-12-28(23(22)2)34(41(37,38)27-10-4-3-5-11-27)20-29(35)33-32-18-24-13-15-25(16-14-24)40-21-30(36)31-19-26-9-7-17-39-26/h3-18H,19-21H2,1-2H3,(H,31,36)(H,33,35)/b32-18-. The maximum Gasteiger partial charge on any atom is 0.264 e. The third-order valence-electron chi connectivity index (χ3n) is 6.16. The quantitative estimate of drug-likeness (QED) is 0.195. The molecule has 0 radical (unpaired) electrons. The van der Waals surface area contributed by atoms with E-state index in [2.05, 4.69) is 15.8 Å². The first-order valence-electron chi connectivity index (χ1n) is 12.7. The number of benzene rings is 3. The minimum absolute atomic E-state index is 0.0783. The molecule has 4 rings (SSSR count). The topological polar surface area (TPSA) is 130 Å². The summed E-state index contributed by atoms with van der Waals surface area (Å²) >= 11 is 0. The summed E-state index contributed by atoms with van der Waals surface area (Å²) in [6.07, 6.45) is 2.96. The van der Waals surface area contributed by atoms with Crippen molar-refractivity contribution in [1.29, 1.82) is 0 Å². The molecule has 41 heavy (non-hydrogen) atoms. The summed E-state index contributed by atoms with van der Waals surface area (Å²) in [5, 5.41) is 6.67.